The molecule has 0 unspecified atom stereocenters. The molecular formula is C18H44N2O2. The predicted molar refractivity (Wildman–Crippen MR) is 101 cm³/mol. The first-order valence-electron chi connectivity index (χ1n) is 8.73. The Hall–Kier alpha value is -1.06. The van der Waals surface area contributed by atoms with Gasteiger partial charge in [0.05, 0.1) is 0 Å². The van der Waals surface area contributed by atoms with E-state index in [4.69, 9.17) is 0 Å². The normalized spacial score (nSPS) is 7.95. The van der Waals surface area contributed by atoms with E-state index in [1.165, 1.54) is 6.42 Å². The van der Waals surface area contributed by atoms with E-state index in [2.05, 4.69) is 26.1 Å². The zero-order valence-corrected chi connectivity index (χ0v) is 17.2. The third-order valence-corrected chi connectivity index (χ3v) is 1.56. The van der Waals surface area contributed by atoms with Gasteiger partial charge in [-0.3, -0.25) is 9.59 Å². The van der Waals surface area contributed by atoms with Crippen LogP contribution in [-0.2, 0) is 9.59 Å². The number of amides is 2. The highest BCUT2D eigenvalue weighted by molar-refractivity contribution is 5.47. The Morgan fingerprint density at radius 1 is 0.909 bits per heavy atom. The zero-order chi connectivity index (χ0) is 19.0. The molecule has 0 atom stereocenters. The quantitative estimate of drug-likeness (QED) is 0.734. The first-order chi connectivity index (χ1) is 10.3. The number of nitrogens with zero attached hydrogens (tertiary/aromatic N) is 1. The summed E-state index contributed by atoms with van der Waals surface area (Å²) in [5, 5.41) is 2.60. The summed E-state index contributed by atoms with van der Waals surface area (Å²) >= 11 is 0. The van der Waals surface area contributed by atoms with Crippen LogP contribution in [0.5, 0.6) is 0 Å². The molecule has 0 rings (SSSR count). The summed E-state index contributed by atoms with van der Waals surface area (Å²) in [6.45, 7) is 23.8. The summed E-state index contributed by atoms with van der Waals surface area (Å²) < 4.78 is 0. The molecule has 0 aromatic carbocycles. The number of hydrogen-bond donors (Lipinski definition) is 1. The fraction of sp³-hybridized carbons (Fsp3) is 0.889. The average Bonchev–Trinajstić information content (AvgIpc) is 2.49. The molecule has 0 aromatic heterocycles. The third-order valence-electron chi connectivity index (χ3n) is 1.56. The van der Waals surface area contributed by atoms with Gasteiger partial charge in [0.15, 0.2) is 0 Å². The summed E-state index contributed by atoms with van der Waals surface area (Å²) in [4.78, 5) is 21.5. The van der Waals surface area contributed by atoms with Gasteiger partial charge in [0.2, 0.25) is 12.8 Å². The van der Waals surface area contributed by atoms with E-state index in [0.29, 0.717) is 6.41 Å². The van der Waals surface area contributed by atoms with Crippen molar-refractivity contribution >= 4 is 12.8 Å². The Morgan fingerprint density at radius 3 is 1.32 bits per heavy atom. The molecule has 4 heteroatoms. The molecule has 0 spiro atoms. The van der Waals surface area contributed by atoms with Crippen LogP contribution in [0.1, 0.15) is 89.0 Å². The number of hydrogen-bond acceptors (Lipinski definition) is 2. The predicted octanol–water partition coefficient (Wildman–Crippen LogP) is 4.87. The monoisotopic (exact) mass is 320 g/mol. The second-order valence-electron chi connectivity index (χ2n) is 4.95. The van der Waals surface area contributed by atoms with E-state index in [1.807, 2.05) is 55.4 Å². The van der Waals surface area contributed by atoms with Crippen LogP contribution in [0.2, 0.25) is 0 Å². The van der Waals surface area contributed by atoms with Crippen LogP contribution in [0, 0.1) is 0 Å². The first-order valence-corrected chi connectivity index (χ1v) is 8.73. The largest absolute Gasteiger partial charge is 0.354 e. The smallest absolute Gasteiger partial charge is 0.209 e. The lowest BCUT2D eigenvalue weighted by atomic mass is 10.1. The molecule has 0 saturated carbocycles. The summed E-state index contributed by atoms with van der Waals surface area (Å²) in [5.74, 6) is 0. The lowest BCUT2D eigenvalue weighted by Gasteiger charge is -2.15. The Morgan fingerprint density at radius 2 is 1.27 bits per heavy atom. The minimum atomic E-state index is -0.0677. The van der Waals surface area contributed by atoms with Crippen molar-refractivity contribution in [2.24, 2.45) is 0 Å². The molecule has 0 aliphatic rings. The lowest BCUT2D eigenvalue weighted by molar-refractivity contribution is -0.118. The average molecular weight is 321 g/mol. The molecule has 22 heavy (non-hydrogen) atoms. The van der Waals surface area contributed by atoms with Crippen LogP contribution in [-0.4, -0.2) is 36.3 Å². The third kappa shape index (κ3) is 61.7. The van der Waals surface area contributed by atoms with Crippen LogP contribution >= 0.6 is 0 Å². The van der Waals surface area contributed by atoms with E-state index in [0.717, 1.165) is 25.9 Å². The highest BCUT2D eigenvalue weighted by atomic mass is 16.1. The lowest BCUT2D eigenvalue weighted by Crippen LogP contribution is -2.34. The van der Waals surface area contributed by atoms with Gasteiger partial charge in [0.1, 0.15) is 0 Å². The van der Waals surface area contributed by atoms with Gasteiger partial charge in [-0.05, 0) is 34.1 Å². The molecular weight excluding hydrogens is 276 g/mol. The van der Waals surface area contributed by atoms with Crippen LogP contribution in [0.4, 0.5) is 0 Å². The van der Waals surface area contributed by atoms with Crippen LogP contribution in [0.3, 0.4) is 0 Å². The molecule has 1 N–H and O–H groups in total. The van der Waals surface area contributed by atoms with E-state index in [1.54, 1.807) is 4.90 Å². The van der Waals surface area contributed by atoms with Crippen molar-refractivity contribution in [1.29, 1.82) is 0 Å². The molecule has 0 heterocycles. The van der Waals surface area contributed by atoms with Gasteiger partial charge in [0.25, 0.3) is 0 Å². The Bertz CT molecular complexity index is 178. The van der Waals surface area contributed by atoms with Gasteiger partial charge in [-0.15, -0.1) is 0 Å². The number of carbonyl (C=O) groups is 2. The first kappa shape index (κ1) is 32.8. The Labute approximate surface area is 141 Å². The fourth-order valence-electron chi connectivity index (χ4n) is 0.749. The molecule has 0 aromatic rings. The van der Waals surface area contributed by atoms with Crippen molar-refractivity contribution in [2.75, 3.05) is 13.1 Å². The molecule has 138 valence electrons. The number of carbonyl (C=O) groups excluding carboxylic acids is 2. The minimum absolute atomic E-state index is 0.0677. The van der Waals surface area contributed by atoms with Gasteiger partial charge >= 0.3 is 0 Å². The second kappa shape index (κ2) is 32.0. The Kier molecular flexibility index (Phi) is 47.7. The van der Waals surface area contributed by atoms with Gasteiger partial charge in [-0.25, -0.2) is 0 Å². The van der Waals surface area contributed by atoms with Crippen molar-refractivity contribution in [3.8, 4) is 0 Å². The molecule has 0 radical (unpaired) electrons. The molecule has 0 aliphatic carbocycles. The van der Waals surface area contributed by atoms with Gasteiger partial charge in [-0.1, -0.05) is 54.9 Å². The maximum absolute atomic E-state index is 10.1. The maximum Gasteiger partial charge on any atom is 0.209 e. The summed E-state index contributed by atoms with van der Waals surface area (Å²) in [7, 11) is 0. The molecule has 0 aliphatic heterocycles. The molecule has 2 amide bonds. The van der Waals surface area contributed by atoms with Crippen molar-refractivity contribution < 1.29 is 9.59 Å². The highest BCUT2D eigenvalue weighted by Crippen LogP contribution is 1.94. The molecule has 0 bridgehead atoms. The maximum atomic E-state index is 10.1. The number of nitrogens with one attached hydrogen (secondary N) is 1. The standard InChI is InChI=1S/C6H13NO.C5H11NO.C3H8.2C2H6/c1-3-5-7(4-2)6-8;1-5(2,3)6-4-7;1-3-2;2*1-2/h6H,3-5H2,1-2H3;4H,1-3H3,(H,6,7);3H2,1-2H3;2*1-2H3. The van der Waals surface area contributed by atoms with E-state index in [-0.39, 0.29) is 5.54 Å². The van der Waals surface area contributed by atoms with E-state index >= 15 is 0 Å². The zero-order valence-electron chi connectivity index (χ0n) is 17.2. The SMILES string of the molecule is CC.CC.CC(C)(C)NC=O.CCC.CCCN(C=O)CC. The summed E-state index contributed by atoms with van der Waals surface area (Å²) in [6, 6.07) is 0. The highest BCUT2D eigenvalue weighted by Gasteiger charge is 2.04. The molecule has 0 saturated heterocycles. The second-order valence-corrected chi connectivity index (χ2v) is 4.95. The van der Waals surface area contributed by atoms with Crippen LogP contribution < -0.4 is 5.32 Å². The van der Waals surface area contributed by atoms with Crippen molar-refractivity contribution in [2.45, 2.75) is 94.5 Å². The minimum Gasteiger partial charge on any atom is -0.354 e. The topological polar surface area (TPSA) is 49.4 Å². The van der Waals surface area contributed by atoms with Crippen molar-refractivity contribution in [1.82, 2.24) is 10.2 Å². The summed E-state index contributed by atoms with van der Waals surface area (Å²) in [6.07, 6.45) is 3.90. The van der Waals surface area contributed by atoms with Gasteiger partial charge < -0.3 is 10.2 Å². The number of rotatable bonds is 5. The van der Waals surface area contributed by atoms with E-state index < -0.39 is 0 Å². The van der Waals surface area contributed by atoms with Crippen LogP contribution in [0.25, 0.3) is 0 Å². The van der Waals surface area contributed by atoms with Crippen molar-refractivity contribution in [3.63, 3.8) is 0 Å². The Balaban J connectivity index is -0.0000000626. The summed E-state index contributed by atoms with van der Waals surface area (Å²) in [5.41, 5.74) is -0.0677. The van der Waals surface area contributed by atoms with Crippen molar-refractivity contribution in [3.05, 3.63) is 0 Å². The molecule has 4 nitrogen and oxygen atoms in total. The van der Waals surface area contributed by atoms with Crippen LogP contribution in [0.15, 0.2) is 0 Å². The van der Waals surface area contributed by atoms with Gasteiger partial charge in [0, 0.05) is 18.6 Å². The van der Waals surface area contributed by atoms with E-state index in [9.17, 15) is 9.59 Å². The molecule has 0 fully saturated rings. The fourth-order valence-corrected chi connectivity index (χ4v) is 0.749. The van der Waals surface area contributed by atoms with Gasteiger partial charge in [-0.2, -0.15) is 0 Å².